The van der Waals surface area contributed by atoms with E-state index in [0.717, 1.165) is 27.8 Å². The first kappa shape index (κ1) is 22.2. The third kappa shape index (κ3) is 6.80. The SMILES string of the molecule is C/C(=C/C(=O)Nc1ccc(S[C@H](C)C(=O)Nc2cc(C)ccc2C)cc1)C(=O)O. The summed E-state index contributed by atoms with van der Waals surface area (Å²) in [6.45, 7) is 7.12. The smallest absolute Gasteiger partial charge is 0.331 e. The Bertz CT molecular complexity index is 952. The number of thioether (sulfide) groups is 1. The van der Waals surface area contributed by atoms with Gasteiger partial charge in [-0.2, -0.15) is 0 Å². The van der Waals surface area contributed by atoms with Gasteiger partial charge in [-0.25, -0.2) is 4.79 Å². The van der Waals surface area contributed by atoms with Crippen molar-refractivity contribution >= 4 is 40.9 Å². The first-order valence-corrected chi connectivity index (χ1v) is 9.91. The molecule has 0 aliphatic rings. The van der Waals surface area contributed by atoms with E-state index in [1.165, 1.54) is 18.7 Å². The van der Waals surface area contributed by atoms with Crippen LogP contribution in [0.25, 0.3) is 0 Å². The van der Waals surface area contributed by atoms with Crippen molar-refractivity contribution in [2.24, 2.45) is 0 Å². The molecule has 6 nitrogen and oxygen atoms in total. The molecule has 3 N–H and O–H groups in total. The maximum atomic E-state index is 12.5. The third-order valence-corrected chi connectivity index (χ3v) is 5.25. The summed E-state index contributed by atoms with van der Waals surface area (Å²) in [4.78, 5) is 35.9. The maximum absolute atomic E-state index is 12.5. The number of nitrogens with one attached hydrogen (secondary N) is 2. The van der Waals surface area contributed by atoms with E-state index >= 15 is 0 Å². The fourth-order valence-electron chi connectivity index (χ4n) is 2.42. The van der Waals surface area contributed by atoms with Crippen LogP contribution in [-0.2, 0) is 14.4 Å². The number of benzene rings is 2. The molecule has 0 bridgehead atoms. The van der Waals surface area contributed by atoms with Crippen molar-refractivity contribution in [3.63, 3.8) is 0 Å². The zero-order chi connectivity index (χ0) is 21.6. The molecule has 2 aromatic rings. The van der Waals surface area contributed by atoms with Gasteiger partial charge in [-0.1, -0.05) is 12.1 Å². The van der Waals surface area contributed by atoms with Crippen molar-refractivity contribution in [2.45, 2.75) is 37.8 Å². The van der Waals surface area contributed by atoms with Gasteiger partial charge in [0.2, 0.25) is 11.8 Å². The average molecular weight is 413 g/mol. The lowest BCUT2D eigenvalue weighted by atomic mass is 10.1. The number of carbonyl (C=O) groups excluding carboxylic acids is 2. The zero-order valence-electron chi connectivity index (χ0n) is 16.8. The van der Waals surface area contributed by atoms with Crippen molar-refractivity contribution in [3.8, 4) is 0 Å². The van der Waals surface area contributed by atoms with Gasteiger partial charge in [0.05, 0.1) is 5.25 Å². The van der Waals surface area contributed by atoms with E-state index in [4.69, 9.17) is 5.11 Å². The Morgan fingerprint density at radius 1 is 1.03 bits per heavy atom. The van der Waals surface area contributed by atoms with E-state index in [-0.39, 0.29) is 16.7 Å². The molecule has 0 aromatic heterocycles. The minimum absolute atomic E-state index is 0.0432. The van der Waals surface area contributed by atoms with Crippen LogP contribution in [0.5, 0.6) is 0 Å². The number of aryl methyl sites for hydroxylation is 2. The molecule has 1 atom stereocenters. The van der Waals surface area contributed by atoms with Gasteiger partial charge in [-0.15, -0.1) is 11.8 Å². The summed E-state index contributed by atoms with van der Waals surface area (Å²) >= 11 is 1.41. The number of amides is 2. The molecule has 2 aromatic carbocycles. The maximum Gasteiger partial charge on any atom is 0.331 e. The molecule has 0 fully saturated rings. The number of aliphatic carboxylic acids is 1. The predicted octanol–water partition coefficient (Wildman–Crippen LogP) is 4.39. The molecular formula is C22H24N2O4S. The van der Waals surface area contributed by atoms with E-state index in [2.05, 4.69) is 10.6 Å². The van der Waals surface area contributed by atoms with Gasteiger partial charge in [0, 0.05) is 27.9 Å². The van der Waals surface area contributed by atoms with Crippen LogP contribution in [0.4, 0.5) is 11.4 Å². The quantitative estimate of drug-likeness (QED) is 0.463. The van der Waals surface area contributed by atoms with Crippen molar-refractivity contribution < 1.29 is 19.5 Å². The van der Waals surface area contributed by atoms with Crippen LogP contribution in [0.2, 0.25) is 0 Å². The molecule has 29 heavy (non-hydrogen) atoms. The van der Waals surface area contributed by atoms with Crippen LogP contribution >= 0.6 is 11.8 Å². The number of carboxylic acid groups (broad SMARTS) is 1. The number of carboxylic acids is 1. The molecule has 0 saturated carbocycles. The standard InChI is InChI=1S/C22H24N2O4S/c1-13-5-6-14(2)19(11-13)24-21(26)16(4)29-18-9-7-17(8-10-18)23-20(25)12-15(3)22(27)28/h5-12,16H,1-4H3,(H,23,25)(H,24,26)(H,27,28)/b15-12-/t16-/m1/s1. The van der Waals surface area contributed by atoms with Crippen molar-refractivity contribution in [1.29, 1.82) is 0 Å². The first-order valence-electron chi connectivity index (χ1n) is 9.03. The number of anilines is 2. The third-order valence-electron chi connectivity index (χ3n) is 4.14. The lowest BCUT2D eigenvalue weighted by Gasteiger charge is -2.14. The Morgan fingerprint density at radius 2 is 1.69 bits per heavy atom. The van der Waals surface area contributed by atoms with Crippen molar-refractivity contribution in [2.75, 3.05) is 10.6 Å². The fraction of sp³-hybridized carbons (Fsp3) is 0.227. The molecule has 0 heterocycles. The van der Waals surface area contributed by atoms with Crippen LogP contribution in [0.15, 0.2) is 59.0 Å². The monoisotopic (exact) mass is 412 g/mol. The minimum atomic E-state index is -1.14. The first-order chi connectivity index (χ1) is 13.7. The second kappa shape index (κ2) is 9.93. The Balaban J connectivity index is 1.95. The van der Waals surface area contributed by atoms with Gasteiger partial charge < -0.3 is 15.7 Å². The molecule has 0 spiro atoms. The molecule has 0 aliphatic heterocycles. The molecule has 0 radical (unpaired) electrons. The number of carbonyl (C=O) groups is 3. The largest absolute Gasteiger partial charge is 0.478 e. The fourth-order valence-corrected chi connectivity index (χ4v) is 3.28. The lowest BCUT2D eigenvalue weighted by Crippen LogP contribution is -2.22. The summed E-state index contributed by atoms with van der Waals surface area (Å²) in [6.07, 6.45) is 1.03. The zero-order valence-corrected chi connectivity index (χ0v) is 17.6. The molecule has 7 heteroatoms. The second-order valence-electron chi connectivity index (χ2n) is 6.71. The highest BCUT2D eigenvalue weighted by atomic mass is 32.2. The van der Waals surface area contributed by atoms with Gasteiger partial charge in [0.25, 0.3) is 0 Å². The van der Waals surface area contributed by atoms with E-state index < -0.39 is 11.9 Å². The summed E-state index contributed by atoms with van der Waals surface area (Å²) < 4.78 is 0. The molecular weight excluding hydrogens is 388 g/mol. The van der Waals surface area contributed by atoms with Crippen LogP contribution in [0.3, 0.4) is 0 Å². The van der Waals surface area contributed by atoms with Gasteiger partial charge in [0.15, 0.2) is 0 Å². The molecule has 0 saturated heterocycles. The summed E-state index contributed by atoms with van der Waals surface area (Å²) in [5.41, 5.74) is 3.40. The number of hydrogen-bond donors (Lipinski definition) is 3. The lowest BCUT2D eigenvalue weighted by molar-refractivity contribution is -0.132. The average Bonchev–Trinajstić information content (AvgIpc) is 2.66. The summed E-state index contributed by atoms with van der Waals surface area (Å²) in [7, 11) is 0. The Labute approximate surface area is 174 Å². The van der Waals surface area contributed by atoms with Crippen LogP contribution in [-0.4, -0.2) is 28.1 Å². The molecule has 0 aliphatic carbocycles. The minimum Gasteiger partial charge on any atom is -0.478 e. The van der Waals surface area contributed by atoms with E-state index in [0.29, 0.717) is 5.69 Å². The van der Waals surface area contributed by atoms with Gasteiger partial charge in [-0.3, -0.25) is 9.59 Å². The normalized spacial score (nSPS) is 12.2. The van der Waals surface area contributed by atoms with E-state index in [9.17, 15) is 14.4 Å². The number of hydrogen-bond acceptors (Lipinski definition) is 4. The predicted molar refractivity (Wildman–Crippen MR) is 116 cm³/mol. The highest BCUT2D eigenvalue weighted by molar-refractivity contribution is 8.00. The van der Waals surface area contributed by atoms with Crippen LogP contribution in [0.1, 0.15) is 25.0 Å². The molecule has 0 unspecified atom stereocenters. The highest BCUT2D eigenvalue weighted by Gasteiger charge is 2.15. The summed E-state index contributed by atoms with van der Waals surface area (Å²) in [6, 6.07) is 12.9. The Hall–Kier alpha value is -3.06. The summed E-state index contributed by atoms with van der Waals surface area (Å²) in [5.74, 6) is -1.73. The van der Waals surface area contributed by atoms with E-state index in [1.54, 1.807) is 24.3 Å². The Kier molecular flexibility index (Phi) is 7.61. The van der Waals surface area contributed by atoms with Crippen molar-refractivity contribution in [3.05, 3.63) is 65.2 Å². The van der Waals surface area contributed by atoms with Crippen LogP contribution in [0, 0.1) is 13.8 Å². The molecule has 2 rings (SSSR count). The van der Waals surface area contributed by atoms with Gasteiger partial charge >= 0.3 is 5.97 Å². The molecule has 2 amide bonds. The van der Waals surface area contributed by atoms with E-state index in [1.807, 2.05) is 39.0 Å². The number of rotatable bonds is 7. The highest BCUT2D eigenvalue weighted by Crippen LogP contribution is 2.26. The molecule has 152 valence electrons. The van der Waals surface area contributed by atoms with Gasteiger partial charge in [-0.05, 0) is 69.2 Å². The van der Waals surface area contributed by atoms with Gasteiger partial charge in [0.1, 0.15) is 0 Å². The summed E-state index contributed by atoms with van der Waals surface area (Å²) in [5, 5.41) is 14.1. The second-order valence-corrected chi connectivity index (χ2v) is 8.13. The Morgan fingerprint density at radius 3 is 2.31 bits per heavy atom. The van der Waals surface area contributed by atoms with Crippen molar-refractivity contribution in [1.82, 2.24) is 0 Å². The topological polar surface area (TPSA) is 95.5 Å². The van der Waals surface area contributed by atoms with Crippen LogP contribution < -0.4 is 10.6 Å².